The number of anilines is 1. The highest BCUT2D eigenvalue weighted by molar-refractivity contribution is 14.1. The Kier molecular flexibility index (Phi) is 5.55. The van der Waals surface area contributed by atoms with Gasteiger partial charge in [-0.3, -0.25) is 4.90 Å². The van der Waals surface area contributed by atoms with Gasteiger partial charge < -0.3 is 4.74 Å². The molecule has 0 unspecified atom stereocenters. The summed E-state index contributed by atoms with van der Waals surface area (Å²) in [7, 11) is 0. The van der Waals surface area contributed by atoms with Crippen molar-refractivity contribution in [2.24, 2.45) is 0 Å². The highest BCUT2D eigenvalue weighted by Crippen LogP contribution is 2.26. The van der Waals surface area contributed by atoms with E-state index >= 15 is 0 Å². The maximum absolute atomic E-state index is 13.6. The molecule has 3 heterocycles. The second-order valence-electron chi connectivity index (χ2n) is 7.44. The highest BCUT2D eigenvalue weighted by Gasteiger charge is 2.27. The van der Waals surface area contributed by atoms with Crippen molar-refractivity contribution in [3.05, 3.63) is 50.9 Å². The second-order valence-corrected chi connectivity index (χ2v) is 8.52. The lowest BCUT2D eigenvalue weighted by atomic mass is 10.2. The molecule has 0 aliphatic heterocycles. The van der Waals surface area contributed by atoms with Crippen molar-refractivity contribution >= 4 is 40.1 Å². The zero-order valence-corrected chi connectivity index (χ0v) is 18.5. The molecule has 7 nitrogen and oxygen atoms in total. The van der Waals surface area contributed by atoms with Gasteiger partial charge in [0.2, 0.25) is 5.95 Å². The second kappa shape index (κ2) is 7.61. The minimum atomic E-state index is -0.686. The first kappa shape index (κ1) is 20.4. The van der Waals surface area contributed by atoms with Crippen LogP contribution in [-0.4, -0.2) is 31.3 Å². The van der Waals surface area contributed by atoms with Crippen molar-refractivity contribution in [2.45, 2.75) is 46.8 Å². The van der Waals surface area contributed by atoms with E-state index in [9.17, 15) is 9.18 Å². The molecule has 0 bridgehead atoms. The van der Waals surface area contributed by atoms with Crippen LogP contribution >= 0.6 is 22.6 Å². The van der Waals surface area contributed by atoms with Gasteiger partial charge in [0.15, 0.2) is 5.65 Å². The van der Waals surface area contributed by atoms with Gasteiger partial charge in [0.05, 0.1) is 15.8 Å². The summed E-state index contributed by atoms with van der Waals surface area (Å²) in [5.41, 5.74) is 2.09. The lowest BCUT2D eigenvalue weighted by Gasteiger charge is -2.27. The van der Waals surface area contributed by atoms with Gasteiger partial charge in [-0.05, 0) is 74.9 Å². The van der Waals surface area contributed by atoms with E-state index in [1.54, 1.807) is 37.4 Å². The number of carbonyl (C=O) groups is 1. The monoisotopic (exact) mass is 497 g/mol. The highest BCUT2D eigenvalue weighted by atomic mass is 127. The Hall–Kier alpha value is -2.30. The molecule has 0 N–H and O–H groups in total. The number of amides is 1. The van der Waals surface area contributed by atoms with Gasteiger partial charge in [-0.2, -0.15) is 14.0 Å². The number of carbonyl (C=O) groups excluding carboxylic acids is 1. The molecule has 0 aliphatic rings. The van der Waals surface area contributed by atoms with Gasteiger partial charge in [0.1, 0.15) is 11.4 Å². The SMILES string of the molecule is Cc1cc(N(Cc2ccnc(F)c2)C(=O)OC(C)(C)C)n2nc(C)c(I)c2n1. The minimum absolute atomic E-state index is 0.0996. The van der Waals surface area contributed by atoms with Crippen LogP contribution in [0.5, 0.6) is 0 Å². The molecule has 0 radical (unpaired) electrons. The van der Waals surface area contributed by atoms with E-state index in [0.29, 0.717) is 17.0 Å². The molecule has 3 aromatic heterocycles. The quantitative estimate of drug-likeness (QED) is 0.396. The van der Waals surface area contributed by atoms with Gasteiger partial charge in [-0.25, -0.2) is 14.8 Å². The van der Waals surface area contributed by atoms with E-state index in [2.05, 4.69) is 37.7 Å². The summed E-state index contributed by atoms with van der Waals surface area (Å²) in [6.45, 7) is 9.21. The Balaban J connectivity index is 2.14. The molecule has 1 amide bonds. The number of ether oxygens (including phenoxy) is 1. The minimum Gasteiger partial charge on any atom is -0.443 e. The van der Waals surface area contributed by atoms with E-state index in [1.165, 1.54) is 17.2 Å². The Morgan fingerprint density at radius 1 is 1.32 bits per heavy atom. The maximum Gasteiger partial charge on any atom is 0.416 e. The third kappa shape index (κ3) is 4.40. The predicted octanol–water partition coefficient (Wildman–Crippen LogP) is 4.43. The standard InChI is InChI=1S/C19H21FIN5O2/c1-11-8-15(26-17(23-11)16(21)12(2)24-26)25(18(27)28-19(3,4)5)10-13-6-7-22-14(20)9-13/h6-9H,10H2,1-5H3. The number of aryl methyl sites for hydroxylation is 2. The van der Waals surface area contributed by atoms with E-state index in [1.807, 2.05) is 13.8 Å². The van der Waals surface area contributed by atoms with Crippen LogP contribution in [0.1, 0.15) is 37.7 Å². The molecule has 0 aliphatic carbocycles. The van der Waals surface area contributed by atoms with E-state index in [4.69, 9.17) is 4.74 Å². The van der Waals surface area contributed by atoms with Crippen molar-refractivity contribution in [3.8, 4) is 0 Å². The Bertz CT molecular complexity index is 1040. The van der Waals surface area contributed by atoms with E-state index in [-0.39, 0.29) is 6.54 Å². The Morgan fingerprint density at radius 3 is 2.68 bits per heavy atom. The van der Waals surface area contributed by atoms with Crippen LogP contribution in [0.2, 0.25) is 0 Å². The summed E-state index contributed by atoms with van der Waals surface area (Å²) >= 11 is 2.18. The number of hydrogen-bond donors (Lipinski definition) is 0. The van der Waals surface area contributed by atoms with Gasteiger partial charge in [-0.1, -0.05) is 0 Å². The average molecular weight is 497 g/mol. The van der Waals surface area contributed by atoms with E-state index in [0.717, 1.165) is 15.0 Å². The van der Waals surface area contributed by atoms with E-state index < -0.39 is 17.6 Å². The average Bonchev–Trinajstić information content (AvgIpc) is 2.86. The third-order valence-corrected chi connectivity index (χ3v) is 5.09. The van der Waals surface area contributed by atoms with Gasteiger partial charge in [0, 0.05) is 18.0 Å². The number of hydrogen-bond acceptors (Lipinski definition) is 5. The van der Waals surface area contributed by atoms with Crippen LogP contribution in [-0.2, 0) is 11.3 Å². The van der Waals surface area contributed by atoms with Crippen molar-refractivity contribution < 1.29 is 13.9 Å². The number of rotatable bonds is 3. The smallest absolute Gasteiger partial charge is 0.416 e. The summed E-state index contributed by atoms with van der Waals surface area (Å²) in [6.07, 6.45) is 0.812. The van der Waals surface area contributed by atoms with Crippen LogP contribution in [0, 0.1) is 23.4 Å². The fourth-order valence-corrected chi connectivity index (χ4v) is 3.13. The number of fused-ring (bicyclic) bond motifs is 1. The van der Waals surface area contributed by atoms with Crippen molar-refractivity contribution in [1.82, 2.24) is 19.6 Å². The summed E-state index contributed by atoms with van der Waals surface area (Å²) in [5, 5.41) is 4.52. The molecule has 148 valence electrons. The first-order valence-corrected chi connectivity index (χ1v) is 9.76. The number of halogens is 2. The molecule has 9 heteroatoms. The molecule has 0 saturated carbocycles. The Morgan fingerprint density at radius 2 is 2.04 bits per heavy atom. The van der Waals surface area contributed by atoms with Crippen LogP contribution in [0.25, 0.3) is 5.65 Å². The first-order valence-electron chi connectivity index (χ1n) is 8.68. The van der Waals surface area contributed by atoms with Crippen LogP contribution in [0.15, 0.2) is 24.4 Å². The normalized spacial score (nSPS) is 11.7. The molecule has 0 saturated heterocycles. The summed E-state index contributed by atoms with van der Waals surface area (Å²) in [5.74, 6) is -0.109. The van der Waals surface area contributed by atoms with Crippen LogP contribution < -0.4 is 4.90 Å². The van der Waals surface area contributed by atoms with Crippen molar-refractivity contribution in [1.29, 1.82) is 0 Å². The van der Waals surface area contributed by atoms with Gasteiger partial charge >= 0.3 is 6.09 Å². The molecule has 28 heavy (non-hydrogen) atoms. The molecule has 0 atom stereocenters. The zero-order valence-electron chi connectivity index (χ0n) is 16.3. The summed E-state index contributed by atoms with van der Waals surface area (Å²) in [4.78, 5) is 22.6. The van der Waals surface area contributed by atoms with Crippen LogP contribution in [0.3, 0.4) is 0 Å². The van der Waals surface area contributed by atoms with Crippen molar-refractivity contribution in [2.75, 3.05) is 4.90 Å². The molecule has 3 aromatic rings. The largest absolute Gasteiger partial charge is 0.443 e. The zero-order chi connectivity index (χ0) is 20.6. The lowest BCUT2D eigenvalue weighted by molar-refractivity contribution is 0.0575. The fourth-order valence-electron chi connectivity index (χ4n) is 2.67. The van der Waals surface area contributed by atoms with Gasteiger partial charge in [-0.15, -0.1) is 0 Å². The maximum atomic E-state index is 13.6. The Labute approximate surface area is 176 Å². The molecule has 0 spiro atoms. The topological polar surface area (TPSA) is 72.6 Å². The number of aromatic nitrogens is 4. The van der Waals surface area contributed by atoms with Gasteiger partial charge in [0.25, 0.3) is 0 Å². The predicted molar refractivity (Wildman–Crippen MR) is 112 cm³/mol. The summed E-state index contributed by atoms with van der Waals surface area (Å²) < 4.78 is 21.7. The van der Waals surface area contributed by atoms with Crippen LogP contribution in [0.4, 0.5) is 15.0 Å². The molecular weight excluding hydrogens is 476 g/mol. The van der Waals surface area contributed by atoms with Crippen molar-refractivity contribution in [3.63, 3.8) is 0 Å². The number of pyridine rings is 1. The molecule has 0 fully saturated rings. The lowest BCUT2D eigenvalue weighted by Crippen LogP contribution is -2.37. The fraction of sp³-hybridized carbons (Fsp3) is 0.368. The molecule has 3 rings (SSSR count). The molecular formula is C19H21FIN5O2. The summed E-state index contributed by atoms with van der Waals surface area (Å²) in [6, 6.07) is 4.71. The first-order chi connectivity index (χ1) is 13.0. The third-order valence-electron chi connectivity index (χ3n) is 3.82. The number of nitrogens with zero attached hydrogens (tertiary/aromatic N) is 5. The molecule has 0 aromatic carbocycles.